The van der Waals surface area contributed by atoms with Gasteiger partial charge in [-0.2, -0.15) is 5.26 Å². The lowest BCUT2D eigenvalue weighted by Gasteiger charge is -2.32. The van der Waals surface area contributed by atoms with Gasteiger partial charge in [0.15, 0.2) is 5.78 Å². The van der Waals surface area contributed by atoms with Gasteiger partial charge in [-0.05, 0) is 44.7 Å². The van der Waals surface area contributed by atoms with Crippen molar-refractivity contribution in [3.8, 4) is 6.07 Å². The SMILES string of the molecule is CC(=O)c1c(C)oc(NC(=O)C2CCCCC2CN2C(=O)c3ccccc3C2=O)c1C#N. The average molecular weight is 433 g/mol. The summed E-state index contributed by atoms with van der Waals surface area (Å²) in [6.07, 6.45) is 3.04. The van der Waals surface area contributed by atoms with E-state index in [0.29, 0.717) is 24.0 Å². The molecule has 1 fully saturated rings. The van der Waals surface area contributed by atoms with E-state index in [9.17, 15) is 24.4 Å². The van der Waals surface area contributed by atoms with Crippen molar-refractivity contribution in [2.45, 2.75) is 39.5 Å². The summed E-state index contributed by atoms with van der Waals surface area (Å²) in [6, 6.07) is 8.65. The van der Waals surface area contributed by atoms with Crippen molar-refractivity contribution >= 4 is 29.4 Å². The Hall–Kier alpha value is -3.73. The average Bonchev–Trinajstić information content (AvgIpc) is 3.22. The van der Waals surface area contributed by atoms with Crippen LogP contribution in [-0.2, 0) is 4.79 Å². The number of amides is 3. The number of benzene rings is 1. The maximum Gasteiger partial charge on any atom is 0.261 e. The number of nitriles is 1. The smallest absolute Gasteiger partial charge is 0.261 e. The first-order valence-corrected chi connectivity index (χ1v) is 10.6. The van der Waals surface area contributed by atoms with Crippen LogP contribution in [0.15, 0.2) is 28.7 Å². The summed E-state index contributed by atoms with van der Waals surface area (Å²) < 4.78 is 5.51. The number of anilines is 1. The standard InChI is InChI=1S/C24H23N3O5/c1-13(28)20-14(2)32-22(19(20)11-25)26-21(29)16-8-4-3-7-15(16)12-27-23(30)17-9-5-6-10-18(17)24(27)31/h5-6,9-10,15-16H,3-4,7-8,12H2,1-2H3,(H,26,29). The van der Waals surface area contributed by atoms with Crippen LogP contribution in [0, 0.1) is 30.1 Å². The predicted molar refractivity (Wildman–Crippen MR) is 114 cm³/mol. The van der Waals surface area contributed by atoms with Gasteiger partial charge in [0, 0.05) is 12.5 Å². The number of nitrogens with zero attached hydrogens (tertiary/aromatic N) is 2. The van der Waals surface area contributed by atoms with E-state index in [1.165, 1.54) is 11.8 Å². The molecule has 2 unspecified atom stereocenters. The molecule has 1 aliphatic heterocycles. The second kappa shape index (κ2) is 8.42. The van der Waals surface area contributed by atoms with Crippen molar-refractivity contribution in [2.75, 3.05) is 11.9 Å². The van der Waals surface area contributed by atoms with Crippen molar-refractivity contribution in [3.05, 3.63) is 52.3 Å². The third-order valence-corrected chi connectivity index (χ3v) is 6.33. The number of hydrogen-bond donors (Lipinski definition) is 1. The summed E-state index contributed by atoms with van der Waals surface area (Å²) in [7, 11) is 0. The molecule has 1 aliphatic carbocycles. The first-order chi connectivity index (χ1) is 15.3. The molecule has 0 bridgehead atoms. The van der Waals surface area contributed by atoms with Gasteiger partial charge >= 0.3 is 0 Å². The van der Waals surface area contributed by atoms with E-state index >= 15 is 0 Å². The van der Waals surface area contributed by atoms with Crippen LogP contribution in [-0.4, -0.2) is 34.9 Å². The number of fused-ring (bicyclic) bond motifs is 1. The number of carbonyl (C=O) groups excluding carboxylic acids is 4. The van der Waals surface area contributed by atoms with Crippen molar-refractivity contribution in [3.63, 3.8) is 0 Å². The number of furan rings is 1. The lowest BCUT2D eigenvalue weighted by atomic mass is 9.78. The Morgan fingerprint density at radius 2 is 1.78 bits per heavy atom. The monoisotopic (exact) mass is 433 g/mol. The van der Waals surface area contributed by atoms with Gasteiger partial charge in [0.1, 0.15) is 17.4 Å². The zero-order valence-corrected chi connectivity index (χ0v) is 17.9. The molecule has 1 saturated carbocycles. The maximum atomic E-state index is 13.1. The number of ketones is 1. The molecule has 1 N–H and O–H groups in total. The Bertz CT molecular complexity index is 1140. The molecule has 164 valence electrons. The Labute approximate surface area is 185 Å². The minimum absolute atomic E-state index is 0.0102. The van der Waals surface area contributed by atoms with E-state index in [-0.39, 0.29) is 58.7 Å². The van der Waals surface area contributed by atoms with Crippen molar-refractivity contribution in [1.29, 1.82) is 5.26 Å². The molecule has 1 aromatic heterocycles. The van der Waals surface area contributed by atoms with Gasteiger partial charge in [-0.15, -0.1) is 0 Å². The molecule has 2 heterocycles. The number of hydrogen-bond acceptors (Lipinski definition) is 6. The number of carbonyl (C=O) groups is 4. The largest absolute Gasteiger partial charge is 0.443 e. The van der Waals surface area contributed by atoms with Crippen LogP contribution in [0.3, 0.4) is 0 Å². The summed E-state index contributed by atoms with van der Waals surface area (Å²) in [6.45, 7) is 3.06. The topological polar surface area (TPSA) is 120 Å². The molecule has 4 rings (SSSR count). The van der Waals surface area contributed by atoms with Gasteiger partial charge in [0.25, 0.3) is 11.8 Å². The Morgan fingerprint density at radius 3 is 2.38 bits per heavy atom. The fraction of sp³-hybridized carbons (Fsp3) is 0.375. The molecule has 2 atom stereocenters. The minimum Gasteiger partial charge on any atom is -0.443 e. The van der Waals surface area contributed by atoms with E-state index in [1.54, 1.807) is 31.2 Å². The molecule has 0 saturated heterocycles. The normalized spacial score (nSPS) is 20.1. The quantitative estimate of drug-likeness (QED) is 0.567. The Morgan fingerprint density at radius 1 is 1.16 bits per heavy atom. The molecular formula is C24H23N3O5. The van der Waals surface area contributed by atoms with E-state index in [1.807, 2.05) is 6.07 Å². The zero-order chi connectivity index (χ0) is 23.0. The summed E-state index contributed by atoms with van der Waals surface area (Å²) >= 11 is 0. The van der Waals surface area contributed by atoms with Crippen LogP contribution in [0.2, 0.25) is 0 Å². The van der Waals surface area contributed by atoms with Gasteiger partial charge < -0.3 is 4.42 Å². The molecule has 0 radical (unpaired) electrons. The van der Waals surface area contributed by atoms with Crippen LogP contribution in [0.4, 0.5) is 5.88 Å². The molecule has 2 aliphatic rings. The molecular weight excluding hydrogens is 410 g/mol. The Balaban J connectivity index is 1.54. The first kappa shape index (κ1) is 21.5. The molecule has 1 aromatic carbocycles. The number of Topliss-reactive ketones (excluding diaryl/α,β-unsaturated/α-hetero) is 1. The van der Waals surface area contributed by atoms with E-state index in [4.69, 9.17) is 4.42 Å². The first-order valence-electron chi connectivity index (χ1n) is 10.6. The van der Waals surface area contributed by atoms with Gasteiger partial charge in [-0.25, -0.2) is 0 Å². The molecule has 32 heavy (non-hydrogen) atoms. The number of rotatable bonds is 5. The van der Waals surface area contributed by atoms with E-state index in [0.717, 1.165) is 12.8 Å². The minimum atomic E-state index is -0.453. The van der Waals surface area contributed by atoms with Crippen molar-refractivity contribution < 1.29 is 23.6 Å². The number of nitrogens with one attached hydrogen (secondary N) is 1. The summed E-state index contributed by atoms with van der Waals surface area (Å²) in [4.78, 5) is 51.7. The maximum absolute atomic E-state index is 13.1. The third-order valence-electron chi connectivity index (χ3n) is 6.33. The number of imide groups is 1. The van der Waals surface area contributed by atoms with Crippen LogP contribution >= 0.6 is 0 Å². The molecule has 0 spiro atoms. The van der Waals surface area contributed by atoms with Crippen LogP contribution < -0.4 is 5.32 Å². The Kier molecular flexibility index (Phi) is 5.66. The zero-order valence-electron chi connectivity index (χ0n) is 17.9. The van der Waals surface area contributed by atoms with E-state index in [2.05, 4.69) is 5.32 Å². The fourth-order valence-electron chi connectivity index (χ4n) is 4.78. The highest BCUT2D eigenvalue weighted by Crippen LogP contribution is 2.35. The van der Waals surface area contributed by atoms with Crippen LogP contribution in [0.25, 0.3) is 0 Å². The lowest BCUT2D eigenvalue weighted by molar-refractivity contribution is -0.122. The highest BCUT2D eigenvalue weighted by atomic mass is 16.4. The van der Waals surface area contributed by atoms with Gasteiger partial charge in [0.2, 0.25) is 11.8 Å². The van der Waals surface area contributed by atoms with Gasteiger partial charge in [0.05, 0.1) is 16.7 Å². The molecule has 3 amide bonds. The molecule has 2 aromatic rings. The summed E-state index contributed by atoms with van der Waals surface area (Å²) in [5.41, 5.74) is 0.941. The summed E-state index contributed by atoms with van der Waals surface area (Å²) in [5.74, 6) is -1.76. The van der Waals surface area contributed by atoms with E-state index < -0.39 is 5.92 Å². The highest BCUT2D eigenvalue weighted by Gasteiger charge is 2.40. The highest BCUT2D eigenvalue weighted by molar-refractivity contribution is 6.21. The van der Waals surface area contributed by atoms with Gasteiger partial charge in [-0.3, -0.25) is 29.4 Å². The van der Waals surface area contributed by atoms with Crippen molar-refractivity contribution in [2.24, 2.45) is 11.8 Å². The molecule has 8 nitrogen and oxygen atoms in total. The second-order valence-corrected chi connectivity index (χ2v) is 8.31. The second-order valence-electron chi connectivity index (χ2n) is 8.31. The van der Waals surface area contributed by atoms with Crippen molar-refractivity contribution in [1.82, 2.24) is 4.90 Å². The predicted octanol–water partition coefficient (Wildman–Crippen LogP) is 3.70. The summed E-state index contributed by atoms with van der Waals surface area (Å²) in [5, 5.41) is 12.1. The third kappa shape index (κ3) is 3.60. The van der Waals surface area contributed by atoms with Crippen LogP contribution in [0.5, 0.6) is 0 Å². The molecule has 8 heteroatoms. The van der Waals surface area contributed by atoms with Crippen LogP contribution in [0.1, 0.15) is 75.0 Å². The fourth-order valence-corrected chi connectivity index (χ4v) is 4.78. The van der Waals surface area contributed by atoms with Gasteiger partial charge in [-0.1, -0.05) is 25.0 Å². The number of aryl methyl sites for hydroxylation is 1. The lowest BCUT2D eigenvalue weighted by Crippen LogP contribution is -2.41.